The van der Waals surface area contributed by atoms with E-state index in [2.05, 4.69) is 0 Å². The number of halogens is 6. The fourth-order valence-corrected chi connectivity index (χ4v) is 6.47. The van der Waals surface area contributed by atoms with Crippen molar-refractivity contribution in [2.24, 2.45) is 5.92 Å². The van der Waals surface area contributed by atoms with Gasteiger partial charge in [-0.15, -0.1) is 0 Å². The number of amides is 1. The molecule has 1 aliphatic carbocycles. The second kappa shape index (κ2) is 11.6. The fraction of sp³-hybridized carbons (Fsp3) is 0.424. The van der Waals surface area contributed by atoms with Gasteiger partial charge in [0.05, 0.1) is 35.3 Å². The van der Waals surface area contributed by atoms with Crippen LogP contribution >= 0.6 is 0 Å². The second-order valence-corrected chi connectivity index (χ2v) is 12.5. The van der Waals surface area contributed by atoms with Crippen LogP contribution in [-0.4, -0.2) is 51.3 Å². The lowest BCUT2D eigenvalue weighted by molar-refractivity contribution is -0.145. The lowest BCUT2D eigenvalue weighted by Gasteiger charge is -2.34. The summed E-state index contributed by atoms with van der Waals surface area (Å²) in [6.45, 7) is 4.57. The summed E-state index contributed by atoms with van der Waals surface area (Å²) in [7, 11) is 0. The molecule has 0 unspecified atom stereocenters. The number of rotatable bonds is 7. The molecule has 3 fully saturated rings. The van der Waals surface area contributed by atoms with Crippen molar-refractivity contribution in [1.82, 2.24) is 9.88 Å². The molecule has 6 rings (SSSR count). The number of nitrogens with zero attached hydrogens (tertiary/aromatic N) is 3. The highest BCUT2D eigenvalue weighted by atomic mass is 19.4. The summed E-state index contributed by atoms with van der Waals surface area (Å²) in [6.07, 6.45) is -10.7. The van der Waals surface area contributed by atoms with Crippen molar-refractivity contribution in [2.75, 3.05) is 18.0 Å². The Balaban J connectivity index is 1.37. The molecule has 0 spiro atoms. The van der Waals surface area contributed by atoms with Gasteiger partial charge in [-0.3, -0.25) is 9.69 Å². The molecule has 2 aliphatic heterocycles. The number of pyridine rings is 1. The molecule has 2 saturated heterocycles. The Morgan fingerprint density at radius 3 is 2.17 bits per heavy atom. The summed E-state index contributed by atoms with van der Waals surface area (Å²) in [6, 6.07) is 7.02. The molecule has 2 N–H and O–H groups in total. The second-order valence-electron chi connectivity index (χ2n) is 12.5. The van der Waals surface area contributed by atoms with Gasteiger partial charge in [0.2, 0.25) is 0 Å². The van der Waals surface area contributed by atoms with Crippen molar-refractivity contribution in [3.05, 3.63) is 76.0 Å². The van der Waals surface area contributed by atoms with E-state index in [1.54, 1.807) is 12.1 Å². The number of benzene rings is 2. The molecular weight excluding hydrogens is 632 g/mol. The van der Waals surface area contributed by atoms with Gasteiger partial charge in [0, 0.05) is 24.2 Å². The molecule has 250 valence electrons. The van der Waals surface area contributed by atoms with Crippen LogP contribution in [0.25, 0.3) is 11.1 Å². The van der Waals surface area contributed by atoms with E-state index in [0.29, 0.717) is 53.2 Å². The number of aromatic nitrogens is 1. The van der Waals surface area contributed by atoms with Gasteiger partial charge < -0.3 is 19.8 Å². The van der Waals surface area contributed by atoms with E-state index >= 15 is 0 Å². The number of aryl methyl sites for hydroxylation is 1. The highest BCUT2D eigenvalue weighted by Crippen LogP contribution is 2.46. The Labute approximate surface area is 265 Å². The van der Waals surface area contributed by atoms with Gasteiger partial charge in [0.1, 0.15) is 17.7 Å². The van der Waals surface area contributed by atoms with Crippen molar-refractivity contribution in [2.45, 2.75) is 70.1 Å². The minimum Gasteiger partial charge on any atom is -0.507 e. The van der Waals surface area contributed by atoms with Crippen molar-refractivity contribution in [3.63, 3.8) is 0 Å². The van der Waals surface area contributed by atoms with Gasteiger partial charge in [0.15, 0.2) is 0 Å². The maximum Gasteiger partial charge on any atom is 0.416 e. The molecule has 1 saturated carbocycles. The molecule has 3 aliphatic rings. The third-order valence-electron chi connectivity index (χ3n) is 9.36. The maximum absolute atomic E-state index is 13.6. The predicted molar refractivity (Wildman–Crippen MR) is 157 cm³/mol. The van der Waals surface area contributed by atoms with Crippen LogP contribution in [0.4, 0.5) is 37.0 Å². The molecule has 2 atom stereocenters. The maximum atomic E-state index is 13.6. The number of hydrogen-bond donors (Lipinski definition) is 2. The number of aliphatic carboxylic acids is 1. The SMILES string of the molecule is Cc1cc(N2CCC2)nc(CN2C(=O)O[C@H](c3cc(C(F)(F)F)cc(C(F)(F)F)c3)[C@@H]2C)c1-c1cc(C2CC(C(=O)O)C2)ccc1O. The topological polar surface area (TPSA) is 103 Å². The quantitative estimate of drug-likeness (QED) is 0.250. The van der Waals surface area contributed by atoms with Gasteiger partial charge in [-0.2, -0.15) is 26.3 Å². The normalized spacial score (nSPS) is 22.9. The largest absolute Gasteiger partial charge is 0.507 e. The van der Waals surface area contributed by atoms with Crippen LogP contribution in [0.15, 0.2) is 42.5 Å². The Bertz CT molecular complexity index is 1700. The van der Waals surface area contributed by atoms with E-state index in [9.17, 15) is 46.1 Å². The van der Waals surface area contributed by atoms with Crippen LogP contribution in [0.2, 0.25) is 0 Å². The number of anilines is 1. The van der Waals surface area contributed by atoms with E-state index in [0.717, 1.165) is 25.1 Å². The number of phenols is 1. The third kappa shape index (κ3) is 6.17. The van der Waals surface area contributed by atoms with E-state index in [-0.39, 0.29) is 24.3 Å². The molecule has 1 aromatic heterocycles. The summed E-state index contributed by atoms with van der Waals surface area (Å²) in [5, 5.41) is 20.3. The van der Waals surface area contributed by atoms with Crippen molar-refractivity contribution in [3.8, 4) is 16.9 Å². The molecule has 2 aromatic carbocycles. The average molecular weight is 664 g/mol. The van der Waals surface area contributed by atoms with Crippen LogP contribution in [0.1, 0.15) is 71.7 Å². The summed E-state index contributed by atoms with van der Waals surface area (Å²) in [5.74, 6) is -0.809. The first-order valence-electron chi connectivity index (χ1n) is 15.1. The number of ether oxygens (including phenoxy) is 1. The molecule has 3 aromatic rings. The lowest BCUT2D eigenvalue weighted by atomic mass is 9.71. The number of cyclic esters (lactones) is 1. The molecule has 0 radical (unpaired) electrons. The zero-order chi connectivity index (χ0) is 34.0. The number of carboxylic acids is 1. The number of carbonyl (C=O) groups is 2. The van der Waals surface area contributed by atoms with Crippen LogP contribution in [-0.2, 0) is 28.4 Å². The van der Waals surface area contributed by atoms with E-state index in [1.807, 2.05) is 17.9 Å². The highest BCUT2D eigenvalue weighted by Gasteiger charge is 2.44. The minimum absolute atomic E-state index is 0.0228. The third-order valence-corrected chi connectivity index (χ3v) is 9.36. The summed E-state index contributed by atoms with van der Waals surface area (Å²) >= 11 is 0. The average Bonchev–Trinajstić information content (AvgIpc) is 3.19. The Morgan fingerprint density at radius 1 is 0.979 bits per heavy atom. The molecule has 1 amide bonds. The van der Waals surface area contributed by atoms with Gasteiger partial charge in [0.25, 0.3) is 0 Å². The number of carbonyl (C=O) groups excluding carboxylic acids is 1. The summed E-state index contributed by atoms with van der Waals surface area (Å²) < 4.78 is 86.9. The summed E-state index contributed by atoms with van der Waals surface area (Å²) in [4.78, 5) is 32.6. The Kier molecular flexibility index (Phi) is 8.03. The van der Waals surface area contributed by atoms with Crippen molar-refractivity contribution < 1.29 is 50.9 Å². The van der Waals surface area contributed by atoms with Gasteiger partial charge in [-0.05, 0) is 92.1 Å². The Morgan fingerprint density at radius 2 is 1.62 bits per heavy atom. The van der Waals surface area contributed by atoms with Gasteiger partial charge >= 0.3 is 24.4 Å². The van der Waals surface area contributed by atoms with Crippen LogP contribution in [0, 0.1) is 12.8 Å². The highest BCUT2D eigenvalue weighted by molar-refractivity contribution is 5.78. The van der Waals surface area contributed by atoms with Gasteiger partial charge in [-0.25, -0.2) is 9.78 Å². The monoisotopic (exact) mass is 663 g/mol. The number of aromatic hydroxyl groups is 1. The van der Waals surface area contributed by atoms with Crippen molar-refractivity contribution >= 4 is 17.9 Å². The number of phenolic OH excluding ortho intramolecular Hbond substituents is 1. The van der Waals surface area contributed by atoms with Crippen LogP contribution in [0.5, 0.6) is 5.75 Å². The summed E-state index contributed by atoms with van der Waals surface area (Å²) in [5.41, 5.74) is -0.673. The minimum atomic E-state index is -5.07. The fourth-order valence-electron chi connectivity index (χ4n) is 6.47. The standard InChI is InChI=1S/C33H31F6N3O5/c1-16-8-27(41-6-3-7-41)40-25(28(16)24-13-18(4-5-26(24)43)19-9-21(10-19)30(44)45)15-42-17(2)29(47-31(42)46)20-11-22(32(34,35)36)14-23(12-20)33(37,38)39/h4-5,8,11-14,17,19,21,29,43H,3,6-7,9-10,15H2,1-2H3,(H,44,45)/t17-,19?,21?,29-/m0/s1. The first-order chi connectivity index (χ1) is 22.0. The zero-order valence-corrected chi connectivity index (χ0v) is 25.3. The first kappa shape index (κ1) is 32.5. The number of alkyl halides is 6. The molecule has 14 heteroatoms. The van der Waals surface area contributed by atoms with Crippen LogP contribution < -0.4 is 4.90 Å². The first-order valence-corrected chi connectivity index (χ1v) is 15.1. The molecule has 3 heterocycles. The molecular formula is C33H31F6N3O5. The van der Waals surface area contributed by atoms with E-state index < -0.39 is 59.2 Å². The van der Waals surface area contributed by atoms with E-state index in [1.165, 1.54) is 17.9 Å². The molecule has 8 nitrogen and oxygen atoms in total. The number of hydrogen-bond acceptors (Lipinski definition) is 6. The molecule has 47 heavy (non-hydrogen) atoms. The zero-order valence-electron chi connectivity index (χ0n) is 25.3. The van der Waals surface area contributed by atoms with E-state index in [4.69, 9.17) is 9.72 Å². The van der Waals surface area contributed by atoms with Gasteiger partial charge in [-0.1, -0.05) is 6.07 Å². The number of carboxylic acid groups (broad SMARTS) is 1. The molecule has 0 bridgehead atoms. The predicted octanol–water partition coefficient (Wildman–Crippen LogP) is 7.67. The Hall–Kier alpha value is -4.49. The van der Waals surface area contributed by atoms with Crippen LogP contribution in [0.3, 0.4) is 0 Å². The smallest absolute Gasteiger partial charge is 0.416 e. The lowest BCUT2D eigenvalue weighted by Crippen LogP contribution is -2.38. The van der Waals surface area contributed by atoms with Crippen molar-refractivity contribution in [1.29, 1.82) is 0 Å².